The van der Waals surface area contributed by atoms with Crippen molar-refractivity contribution >= 4 is 17.7 Å². The van der Waals surface area contributed by atoms with Gasteiger partial charge in [0.15, 0.2) is 0 Å². The lowest BCUT2D eigenvalue weighted by atomic mass is 10.1. The molecule has 0 aliphatic carbocycles. The van der Waals surface area contributed by atoms with Crippen molar-refractivity contribution < 1.29 is 9.90 Å². The van der Waals surface area contributed by atoms with Crippen LogP contribution in [0.15, 0.2) is 29.2 Å². The van der Waals surface area contributed by atoms with Crippen LogP contribution < -0.4 is 0 Å². The Hall–Kier alpha value is -1.04. The van der Waals surface area contributed by atoms with Gasteiger partial charge in [-0.1, -0.05) is 12.1 Å². The number of carbonyl (C=O) groups is 1. The van der Waals surface area contributed by atoms with Crippen LogP contribution in [0.5, 0.6) is 0 Å². The van der Waals surface area contributed by atoms with Crippen molar-refractivity contribution in [2.75, 3.05) is 39.0 Å². The van der Waals surface area contributed by atoms with E-state index >= 15 is 0 Å². The van der Waals surface area contributed by atoms with E-state index in [-0.39, 0.29) is 6.42 Å². The number of carboxylic acids is 1. The van der Waals surface area contributed by atoms with Crippen LogP contribution in [0.2, 0.25) is 0 Å². The SMILES string of the molecule is CSc1ccc(C(C)N2CCN(CCC(=O)O)CC2)cc1. The molecule has 0 amide bonds. The summed E-state index contributed by atoms with van der Waals surface area (Å²) in [5.41, 5.74) is 1.35. The second-order valence-electron chi connectivity index (χ2n) is 5.47. The predicted molar refractivity (Wildman–Crippen MR) is 86.9 cm³/mol. The molecule has 1 unspecified atom stereocenters. The molecule has 1 atom stereocenters. The highest BCUT2D eigenvalue weighted by atomic mass is 32.2. The van der Waals surface area contributed by atoms with Gasteiger partial charge in [0.2, 0.25) is 0 Å². The molecule has 1 fully saturated rings. The molecule has 1 aliphatic heterocycles. The van der Waals surface area contributed by atoms with E-state index in [1.165, 1.54) is 10.5 Å². The topological polar surface area (TPSA) is 43.8 Å². The molecule has 5 heteroatoms. The van der Waals surface area contributed by atoms with Crippen molar-refractivity contribution in [3.8, 4) is 0 Å². The van der Waals surface area contributed by atoms with Crippen LogP contribution >= 0.6 is 11.8 Å². The Morgan fingerprint density at radius 1 is 1.24 bits per heavy atom. The van der Waals surface area contributed by atoms with Crippen molar-refractivity contribution in [1.82, 2.24) is 9.80 Å². The first-order chi connectivity index (χ1) is 10.1. The zero-order chi connectivity index (χ0) is 15.2. The van der Waals surface area contributed by atoms with Gasteiger partial charge in [-0.05, 0) is 30.9 Å². The van der Waals surface area contributed by atoms with Gasteiger partial charge >= 0.3 is 5.97 Å². The van der Waals surface area contributed by atoms with Crippen LogP contribution in [0.3, 0.4) is 0 Å². The average Bonchev–Trinajstić information content (AvgIpc) is 2.53. The lowest BCUT2D eigenvalue weighted by Crippen LogP contribution is -2.47. The third-order valence-electron chi connectivity index (χ3n) is 4.19. The fraction of sp³-hybridized carbons (Fsp3) is 0.562. The van der Waals surface area contributed by atoms with Gasteiger partial charge in [-0.2, -0.15) is 0 Å². The Bertz CT molecular complexity index is 456. The number of carboxylic acid groups (broad SMARTS) is 1. The maximum Gasteiger partial charge on any atom is 0.304 e. The summed E-state index contributed by atoms with van der Waals surface area (Å²) in [6.07, 6.45) is 2.33. The van der Waals surface area contributed by atoms with Crippen LogP contribution in [0.1, 0.15) is 24.9 Å². The summed E-state index contributed by atoms with van der Waals surface area (Å²) in [6.45, 7) is 6.85. The lowest BCUT2D eigenvalue weighted by Gasteiger charge is -2.38. The summed E-state index contributed by atoms with van der Waals surface area (Å²) in [7, 11) is 0. The van der Waals surface area contributed by atoms with Gasteiger partial charge in [-0.3, -0.25) is 9.69 Å². The average molecular weight is 308 g/mol. The highest BCUT2D eigenvalue weighted by Crippen LogP contribution is 2.24. The zero-order valence-corrected chi connectivity index (χ0v) is 13.6. The van der Waals surface area contributed by atoms with Crippen molar-refractivity contribution in [3.05, 3.63) is 29.8 Å². The zero-order valence-electron chi connectivity index (χ0n) is 12.8. The molecule has 4 nitrogen and oxygen atoms in total. The minimum atomic E-state index is -0.709. The molecule has 0 spiro atoms. The molecular formula is C16H24N2O2S. The maximum absolute atomic E-state index is 10.6. The van der Waals surface area contributed by atoms with Crippen LogP contribution in [-0.4, -0.2) is 59.9 Å². The summed E-state index contributed by atoms with van der Waals surface area (Å²) in [5.74, 6) is -0.709. The van der Waals surface area contributed by atoms with E-state index in [4.69, 9.17) is 5.11 Å². The Balaban J connectivity index is 1.84. The number of hydrogen-bond acceptors (Lipinski definition) is 4. The smallest absolute Gasteiger partial charge is 0.304 e. The highest BCUT2D eigenvalue weighted by Gasteiger charge is 2.22. The van der Waals surface area contributed by atoms with E-state index < -0.39 is 5.97 Å². The number of piperazine rings is 1. The largest absolute Gasteiger partial charge is 0.481 e. The summed E-state index contributed by atoms with van der Waals surface area (Å²) in [6, 6.07) is 9.21. The molecule has 1 N–H and O–H groups in total. The highest BCUT2D eigenvalue weighted by molar-refractivity contribution is 7.98. The van der Waals surface area contributed by atoms with Gasteiger partial charge in [-0.15, -0.1) is 11.8 Å². The van der Waals surface area contributed by atoms with E-state index in [0.717, 1.165) is 26.2 Å². The van der Waals surface area contributed by atoms with Gasteiger partial charge in [0.25, 0.3) is 0 Å². The van der Waals surface area contributed by atoms with Crippen LogP contribution in [-0.2, 0) is 4.79 Å². The van der Waals surface area contributed by atoms with Crippen LogP contribution in [0.4, 0.5) is 0 Å². The van der Waals surface area contributed by atoms with Gasteiger partial charge in [0, 0.05) is 43.7 Å². The molecular weight excluding hydrogens is 284 g/mol. The molecule has 2 rings (SSSR count). The molecule has 1 heterocycles. The fourth-order valence-corrected chi connectivity index (χ4v) is 3.13. The Labute approximate surface area is 131 Å². The van der Waals surface area contributed by atoms with Gasteiger partial charge in [0.05, 0.1) is 6.42 Å². The van der Waals surface area contributed by atoms with E-state index in [9.17, 15) is 4.79 Å². The van der Waals surface area contributed by atoms with E-state index in [0.29, 0.717) is 12.6 Å². The third kappa shape index (κ3) is 4.73. The predicted octanol–water partition coefficient (Wildman–Crippen LogP) is 2.56. The molecule has 1 saturated heterocycles. The molecule has 1 aliphatic rings. The molecule has 0 aromatic heterocycles. The van der Waals surface area contributed by atoms with E-state index in [1.807, 2.05) is 0 Å². The molecule has 1 aromatic carbocycles. The number of thioether (sulfide) groups is 1. The Morgan fingerprint density at radius 3 is 2.38 bits per heavy atom. The van der Waals surface area contributed by atoms with Crippen LogP contribution in [0, 0.1) is 0 Å². The fourth-order valence-electron chi connectivity index (χ4n) is 2.72. The van der Waals surface area contributed by atoms with Crippen LogP contribution in [0.25, 0.3) is 0 Å². The molecule has 0 bridgehead atoms. The Kier molecular flexibility index (Phi) is 6.08. The first kappa shape index (κ1) is 16.3. The summed E-state index contributed by atoms with van der Waals surface area (Å²) in [5, 5.41) is 8.74. The number of benzene rings is 1. The van der Waals surface area contributed by atoms with E-state index in [1.54, 1.807) is 11.8 Å². The van der Waals surface area contributed by atoms with Gasteiger partial charge in [0.1, 0.15) is 0 Å². The number of rotatable bonds is 6. The number of hydrogen-bond donors (Lipinski definition) is 1. The second-order valence-corrected chi connectivity index (χ2v) is 6.35. The molecule has 0 radical (unpaired) electrons. The van der Waals surface area contributed by atoms with Crippen molar-refractivity contribution in [2.45, 2.75) is 24.3 Å². The first-order valence-electron chi connectivity index (χ1n) is 7.42. The molecule has 21 heavy (non-hydrogen) atoms. The minimum Gasteiger partial charge on any atom is -0.481 e. The van der Waals surface area contributed by atoms with Gasteiger partial charge < -0.3 is 10.0 Å². The number of nitrogens with zero attached hydrogens (tertiary/aromatic N) is 2. The summed E-state index contributed by atoms with van der Waals surface area (Å²) >= 11 is 1.76. The third-order valence-corrected chi connectivity index (χ3v) is 4.94. The summed E-state index contributed by atoms with van der Waals surface area (Å²) < 4.78 is 0. The first-order valence-corrected chi connectivity index (χ1v) is 8.65. The molecule has 116 valence electrons. The minimum absolute atomic E-state index is 0.242. The standard InChI is InChI=1S/C16H24N2O2S/c1-13(14-3-5-15(21-2)6-4-14)18-11-9-17(10-12-18)8-7-16(19)20/h3-6,13H,7-12H2,1-2H3,(H,19,20). The maximum atomic E-state index is 10.6. The molecule has 1 aromatic rings. The number of aliphatic carboxylic acids is 1. The van der Waals surface area contributed by atoms with Crippen molar-refractivity contribution in [2.24, 2.45) is 0 Å². The quantitative estimate of drug-likeness (QED) is 0.818. The monoisotopic (exact) mass is 308 g/mol. The normalized spacial score (nSPS) is 18.6. The second kappa shape index (κ2) is 7.82. The lowest BCUT2D eigenvalue weighted by molar-refractivity contribution is -0.137. The van der Waals surface area contributed by atoms with E-state index in [2.05, 4.69) is 47.2 Å². The summed E-state index contributed by atoms with van der Waals surface area (Å²) in [4.78, 5) is 16.6. The van der Waals surface area contributed by atoms with Crippen molar-refractivity contribution in [1.29, 1.82) is 0 Å². The van der Waals surface area contributed by atoms with Gasteiger partial charge in [-0.25, -0.2) is 0 Å². The molecule has 0 saturated carbocycles. The van der Waals surface area contributed by atoms with Crippen molar-refractivity contribution in [3.63, 3.8) is 0 Å². The Morgan fingerprint density at radius 2 is 1.86 bits per heavy atom.